The van der Waals surface area contributed by atoms with Crippen molar-refractivity contribution >= 4 is 0 Å². The summed E-state index contributed by atoms with van der Waals surface area (Å²) in [5.74, 6) is 0.620. The second-order valence-electron chi connectivity index (χ2n) is 2.62. The molecule has 9 heavy (non-hydrogen) atoms. The Kier molecular flexibility index (Phi) is 2.10. The monoisotopic (exact) mass is 121 g/mol. The summed E-state index contributed by atoms with van der Waals surface area (Å²) in [6.45, 7) is 4.34. The predicted octanol–water partition coefficient (Wildman–Crippen LogP) is 2.72. The van der Waals surface area contributed by atoms with E-state index in [0.717, 1.165) is 0 Å². The van der Waals surface area contributed by atoms with Crippen LogP contribution >= 0.6 is 0 Å². The summed E-state index contributed by atoms with van der Waals surface area (Å²) >= 11 is 0. The molecule has 0 aromatic carbocycles. The Morgan fingerprint density at radius 3 is 2.89 bits per heavy atom. The molecule has 0 fully saturated rings. The maximum Gasteiger partial charge on any atom is 0.00266 e. The summed E-state index contributed by atoms with van der Waals surface area (Å²) in [7, 11) is 0. The van der Waals surface area contributed by atoms with Crippen LogP contribution in [0, 0.1) is 12.0 Å². The van der Waals surface area contributed by atoms with Gasteiger partial charge in [0.15, 0.2) is 0 Å². The van der Waals surface area contributed by atoms with Crippen LogP contribution in [0.25, 0.3) is 0 Å². The molecule has 0 heterocycles. The Morgan fingerprint density at radius 2 is 2.44 bits per heavy atom. The molecule has 0 aromatic heterocycles. The quantitative estimate of drug-likeness (QED) is 0.527. The first-order valence-corrected chi connectivity index (χ1v) is 3.60. The van der Waals surface area contributed by atoms with Gasteiger partial charge < -0.3 is 0 Å². The van der Waals surface area contributed by atoms with Crippen molar-refractivity contribution in [2.24, 2.45) is 5.92 Å². The number of hydrogen-bond donors (Lipinski definition) is 0. The van der Waals surface area contributed by atoms with Gasteiger partial charge in [-0.15, -0.1) is 0 Å². The topological polar surface area (TPSA) is 0 Å². The molecule has 1 radical (unpaired) electrons. The Morgan fingerprint density at radius 1 is 1.67 bits per heavy atom. The van der Waals surface area contributed by atoms with Crippen molar-refractivity contribution in [3.8, 4) is 0 Å². The highest BCUT2D eigenvalue weighted by Gasteiger charge is 2.04. The van der Waals surface area contributed by atoms with Gasteiger partial charge >= 0.3 is 0 Å². The largest absolute Gasteiger partial charge is 0.0741 e. The number of hydrogen-bond acceptors (Lipinski definition) is 0. The Bertz CT molecular complexity index is 140. The first kappa shape index (κ1) is 6.60. The molecular weight excluding hydrogens is 108 g/mol. The van der Waals surface area contributed by atoms with Crippen molar-refractivity contribution in [1.82, 2.24) is 0 Å². The smallest absolute Gasteiger partial charge is 0.00266 e. The summed E-state index contributed by atoms with van der Waals surface area (Å²) in [5, 5.41) is 0. The molecule has 0 aliphatic heterocycles. The molecule has 1 rings (SSSR count). The molecule has 0 heteroatoms. The molecule has 0 N–H and O–H groups in total. The average molecular weight is 121 g/mol. The minimum atomic E-state index is 0.620. The van der Waals surface area contributed by atoms with E-state index < -0.39 is 0 Å². The van der Waals surface area contributed by atoms with Crippen molar-refractivity contribution < 1.29 is 0 Å². The normalized spacial score (nSPS) is 24.7. The van der Waals surface area contributed by atoms with Gasteiger partial charge in [-0.1, -0.05) is 31.1 Å². The molecule has 0 bridgehead atoms. The summed E-state index contributed by atoms with van der Waals surface area (Å²) in [6.07, 6.45) is 10.2. The standard InChI is InChI=1S/C9H13/c1-3-4-9-6-5-8(2)7-9/h5,7,9H,3-4H2,1-2H3. The fraction of sp³-hybridized carbons (Fsp3) is 0.556. The van der Waals surface area contributed by atoms with Crippen molar-refractivity contribution in [2.75, 3.05) is 0 Å². The lowest BCUT2D eigenvalue weighted by Gasteiger charge is -1.98. The lowest BCUT2D eigenvalue weighted by atomic mass is 10.1. The van der Waals surface area contributed by atoms with E-state index in [2.05, 4.69) is 32.1 Å². The van der Waals surface area contributed by atoms with Gasteiger partial charge in [0.2, 0.25) is 0 Å². The van der Waals surface area contributed by atoms with Gasteiger partial charge in [0.1, 0.15) is 0 Å². The third kappa shape index (κ3) is 1.70. The maximum absolute atomic E-state index is 3.29. The fourth-order valence-corrected chi connectivity index (χ4v) is 1.13. The molecule has 1 aliphatic carbocycles. The van der Waals surface area contributed by atoms with Gasteiger partial charge in [-0.2, -0.15) is 0 Å². The van der Waals surface area contributed by atoms with Crippen LogP contribution in [0.2, 0.25) is 0 Å². The van der Waals surface area contributed by atoms with E-state index in [4.69, 9.17) is 0 Å². The van der Waals surface area contributed by atoms with E-state index in [9.17, 15) is 0 Å². The van der Waals surface area contributed by atoms with E-state index >= 15 is 0 Å². The average Bonchev–Trinajstić information content (AvgIpc) is 2.17. The van der Waals surface area contributed by atoms with Gasteiger partial charge in [-0.25, -0.2) is 0 Å². The fourth-order valence-electron chi connectivity index (χ4n) is 1.13. The highest BCUT2D eigenvalue weighted by molar-refractivity contribution is 5.23. The molecule has 0 spiro atoms. The molecule has 49 valence electrons. The lowest BCUT2D eigenvalue weighted by Crippen LogP contribution is -1.86. The maximum atomic E-state index is 3.29. The molecule has 0 aromatic rings. The van der Waals surface area contributed by atoms with Crippen LogP contribution in [0.3, 0.4) is 0 Å². The van der Waals surface area contributed by atoms with Crippen LogP contribution in [-0.2, 0) is 0 Å². The molecule has 0 nitrogen and oxygen atoms in total. The van der Waals surface area contributed by atoms with Crippen LogP contribution in [-0.4, -0.2) is 0 Å². The highest BCUT2D eigenvalue weighted by Crippen LogP contribution is 2.18. The Balaban J connectivity index is 2.40. The first-order valence-electron chi connectivity index (χ1n) is 3.60. The van der Waals surface area contributed by atoms with Gasteiger partial charge in [-0.05, 0) is 19.4 Å². The molecule has 1 unspecified atom stereocenters. The summed E-state index contributed by atoms with van der Waals surface area (Å²) < 4.78 is 0. The van der Waals surface area contributed by atoms with Crippen molar-refractivity contribution in [1.29, 1.82) is 0 Å². The van der Waals surface area contributed by atoms with Gasteiger partial charge in [0, 0.05) is 5.92 Å². The molecule has 0 saturated carbocycles. The molecule has 1 aliphatic rings. The first-order chi connectivity index (χ1) is 4.33. The number of allylic oxidation sites excluding steroid dienone is 4. The van der Waals surface area contributed by atoms with Crippen molar-refractivity contribution in [3.63, 3.8) is 0 Å². The SMILES string of the molecule is CCCC1[C]=CC(C)=C1. The zero-order chi connectivity index (χ0) is 6.69. The number of rotatable bonds is 2. The molecule has 0 saturated heterocycles. The highest BCUT2D eigenvalue weighted by atomic mass is 14.1. The zero-order valence-corrected chi connectivity index (χ0v) is 6.15. The van der Waals surface area contributed by atoms with E-state index in [-0.39, 0.29) is 0 Å². The van der Waals surface area contributed by atoms with E-state index in [0.29, 0.717) is 5.92 Å². The summed E-state index contributed by atoms with van der Waals surface area (Å²) in [5.41, 5.74) is 1.37. The Labute approximate surface area is 57.3 Å². The van der Waals surface area contributed by atoms with Crippen LogP contribution in [0.5, 0.6) is 0 Å². The van der Waals surface area contributed by atoms with Crippen LogP contribution in [0.4, 0.5) is 0 Å². The minimum absolute atomic E-state index is 0.620. The van der Waals surface area contributed by atoms with Gasteiger partial charge in [-0.3, -0.25) is 0 Å². The van der Waals surface area contributed by atoms with Crippen LogP contribution in [0.1, 0.15) is 26.7 Å². The molecule has 1 atom stereocenters. The second kappa shape index (κ2) is 2.86. The molecule has 0 amide bonds. The third-order valence-corrected chi connectivity index (χ3v) is 1.59. The van der Waals surface area contributed by atoms with Crippen LogP contribution in [0.15, 0.2) is 17.7 Å². The third-order valence-electron chi connectivity index (χ3n) is 1.59. The Hall–Kier alpha value is -0.520. The lowest BCUT2D eigenvalue weighted by molar-refractivity contribution is 0.683. The van der Waals surface area contributed by atoms with Crippen molar-refractivity contribution in [3.05, 3.63) is 23.8 Å². The van der Waals surface area contributed by atoms with Crippen molar-refractivity contribution in [2.45, 2.75) is 26.7 Å². The van der Waals surface area contributed by atoms with Crippen LogP contribution < -0.4 is 0 Å². The summed E-state index contributed by atoms with van der Waals surface area (Å²) in [6, 6.07) is 0. The zero-order valence-electron chi connectivity index (χ0n) is 6.15. The van der Waals surface area contributed by atoms with E-state index in [1.165, 1.54) is 18.4 Å². The second-order valence-corrected chi connectivity index (χ2v) is 2.62. The predicted molar refractivity (Wildman–Crippen MR) is 40.0 cm³/mol. The molecular formula is C9H13. The summed E-state index contributed by atoms with van der Waals surface area (Å²) in [4.78, 5) is 0. The van der Waals surface area contributed by atoms with Gasteiger partial charge in [0.05, 0.1) is 0 Å². The van der Waals surface area contributed by atoms with Gasteiger partial charge in [0.25, 0.3) is 0 Å². The van der Waals surface area contributed by atoms with E-state index in [1.54, 1.807) is 0 Å². The van der Waals surface area contributed by atoms with E-state index in [1.807, 2.05) is 0 Å². The minimum Gasteiger partial charge on any atom is -0.0741 e.